The van der Waals surface area contributed by atoms with Crippen LogP contribution < -0.4 is 0 Å². The quantitative estimate of drug-likeness (QED) is 0.580. The summed E-state index contributed by atoms with van der Waals surface area (Å²) in [6.45, 7) is 3.83. The number of hydrogen-bond donors (Lipinski definition) is 0. The Bertz CT molecular complexity index is 177. The molecule has 0 N–H and O–H groups in total. The van der Waals surface area contributed by atoms with Gasteiger partial charge in [-0.3, -0.25) is 0 Å². The minimum Gasteiger partial charge on any atom is -0.152 e. The molecule has 0 bridgehead atoms. The molecule has 1 aromatic heterocycles. The van der Waals surface area contributed by atoms with Crippen LogP contribution in [0.3, 0.4) is 0 Å². The summed E-state index contributed by atoms with van der Waals surface area (Å²) in [5, 5.41) is 4.41. The van der Waals surface area contributed by atoms with Gasteiger partial charge in [0.05, 0.1) is 0 Å². The van der Waals surface area contributed by atoms with E-state index in [1.54, 1.807) is 11.3 Å². The lowest BCUT2D eigenvalue weighted by Gasteiger charge is -1.97. The molecule has 0 unspecified atom stereocenters. The standard InChI is InChI=1S/C11H17S/c1-2-3-4-5-6-7-11-8-9-12-10-11/h8-10H,1-7H2. The summed E-state index contributed by atoms with van der Waals surface area (Å²) in [5.41, 5.74) is 1.51. The van der Waals surface area contributed by atoms with E-state index in [1.165, 1.54) is 37.7 Å². The Balaban J connectivity index is 1.96. The minimum absolute atomic E-state index is 1.10. The molecule has 1 heteroatoms. The highest BCUT2D eigenvalue weighted by Gasteiger charge is 1.92. The molecule has 0 spiro atoms. The Morgan fingerprint density at radius 2 is 2.00 bits per heavy atom. The van der Waals surface area contributed by atoms with E-state index in [0.29, 0.717) is 0 Å². The van der Waals surface area contributed by atoms with Crippen LogP contribution in [0.25, 0.3) is 0 Å². The van der Waals surface area contributed by atoms with Crippen molar-refractivity contribution in [2.45, 2.75) is 38.5 Å². The average Bonchev–Trinajstić information content (AvgIpc) is 2.57. The first kappa shape index (κ1) is 9.79. The summed E-state index contributed by atoms with van der Waals surface area (Å²) < 4.78 is 0. The van der Waals surface area contributed by atoms with E-state index in [4.69, 9.17) is 0 Å². The zero-order valence-corrected chi connectivity index (χ0v) is 8.41. The third-order valence-corrected chi connectivity index (χ3v) is 2.78. The smallest absolute Gasteiger partial charge is 0.00613 e. The van der Waals surface area contributed by atoms with E-state index in [9.17, 15) is 0 Å². The number of hydrogen-bond acceptors (Lipinski definition) is 1. The molecule has 0 aliphatic rings. The van der Waals surface area contributed by atoms with E-state index in [0.717, 1.165) is 6.42 Å². The minimum atomic E-state index is 1.10. The maximum Gasteiger partial charge on any atom is -0.00613 e. The van der Waals surface area contributed by atoms with E-state index < -0.39 is 0 Å². The first-order chi connectivity index (χ1) is 5.93. The molecule has 1 aromatic rings. The Kier molecular flexibility index (Phi) is 5.09. The van der Waals surface area contributed by atoms with Crippen molar-refractivity contribution in [2.75, 3.05) is 0 Å². The maximum atomic E-state index is 3.83. The van der Waals surface area contributed by atoms with Crippen LogP contribution >= 0.6 is 11.3 Å². The molecule has 0 aromatic carbocycles. The summed E-state index contributed by atoms with van der Waals surface area (Å²) >= 11 is 1.80. The summed E-state index contributed by atoms with van der Waals surface area (Å²) in [5.74, 6) is 0. The molecule has 1 radical (unpaired) electrons. The largest absolute Gasteiger partial charge is 0.152 e. The topological polar surface area (TPSA) is 0 Å². The Morgan fingerprint density at radius 3 is 2.67 bits per heavy atom. The van der Waals surface area contributed by atoms with Gasteiger partial charge in [-0.15, -0.1) is 0 Å². The highest BCUT2D eigenvalue weighted by Crippen LogP contribution is 2.11. The van der Waals surface area contributed by atoms with Gasteiger partial charge < -0.3 is 0 Å². The normalized spacial score (nSPS) is 10.4. The van der Waals surface area contributed by atoms with Crippen LogP contribution in [0.4, 0.5) is 0 Å². The van der Waals surface area contributed by atoms with Gasteiger partial charge in [0.15, 0.2) is 0 Å². The number of rotatable bonds is 6. The fourth-order valence-electron chi connectivity index (χ4n) is 1.29. The molecule has 67 valence electrons. The molecule has 0 fully saturated rings. The van der Waals surface area contributed by atoms with Crippen LogP contribution in [-0.4, -0.2) is 0 Å². The third-order valence-electron chi connectivity index (χ3n) is 2.05. The fraction of sp³-hybridized carbons (Fsp3) is 0.545. The summed E-state index contributed by atoms with van der Waals surface area (Å²) in [7, 11) is 0. The lowest BCUT2D eigenvalue weighted by molar-refractivity contribution is 0.646. The van der Waals surface area contributed by atoms with E-state index >= 15 is 0 Å². The lowest BCUT2D eigenvalue weighted by Crippen LogP contribution is -1.82. The van der Waals surface area contributed by atoms with Crippen molar-refractivity contribution in [1.82, 2.24) is 0 Å². The van der Waals surface area contributed by atoms with Crippen molar-refractivity contribution < 1.29 is 0 Å². The summed E-state index contributed by atoms with van der Waals surface area (Å²) in [6.07, 6.45) is 7.72. The molecule has 0 nitrogen and oxygen atoms in total. The molecule has 1 heterocycles. The first-order valence-electron chi connectivity index (χ1n) is 4.74. The zero-order valence-electron chi connectivity index (χ0n) is 7.59. The van der Waals surface area contributed by atoms with E-state index in [2.05, 4.69) is 23.8 Å². The molecule has 0 atom stereocenters. The zero-order chi connectivity index (χ0) is 8.65. The van der Waals surface area contributed by atoms with Crippen molar-refractivity contribution in [1.29, 1.82) is 0 Å². The Labute approximate surface area is 79.6 Å². The molecule has 1 rings (SSSR count). The Morgan fingerprint density at radius 1 is 1.17 bits per heavy atom. The van der Waals surface area contributed by atoms with Crippen LogP contribution in [0, 0.1) is 6.92 Å². The van der Waals surface area contributed by atoms with Gasteiger partial charge in [0.1, 0.15) is 0 Å². The molecule has 0 aliphatic heterocycles. The summed E-state index contributed by atoms with van der Waals surface area (Å²) in [6, 6.07) is 2.23. The molecule has 0 saturated heterocycles. The van der Waals surface area contributed by atoms with Gasteiger partial charge in [0, 0.05) is 0 Å². The monoisotopic (exact) mass is 181 g/mol. The highest BCUT2D eigenvalue weighted by atomic mass is 32.1. The maximum absolute atomic E-state index is 3.83. The second-order valence-electron chi connectivity index (χ2n) is 3.15. The molecule has 0 aliphatic carbocycles. The Hall–Kier alpha value is -0.300. The van der Waals surface area contributed by atoms with Gasteiger partial charge in [0.2, 0.25) is 0 Å². The second-order valence-corrected chi connectivity index (χ2v) is 3.93. The molecular weight excluding hydrogens is 164 g/mol. The van der Waals surface area contributed by atoms with Crippen molar-refractivity contribution >= 4 is 11.3 Å². The van der Waals surface area contributed by atoms with Crippen LogP contribution in [0.2, 0.25) is 0 Å². The highest BCUT2D eigenvalue weighted by molar-refractivity contribution is 7.07. The van der Waals surface area contributed by atoms with Crippen molar-refractivity contribution in [3.8, 4) is 0 Å². The van der Waals surface area contributed by atoms with Crippen molar-refractivity contribution in [3.05, 3.63) is 29.3 Å². The average molecular weight is 181 g/mol. The summed E-state index contributed by atoms with van der Waals surface area (Å²) in [4.78, 5) is 0. The van der Waals surface area contributed by atoms with Gasteiger partial charge >= 0.3 is 0 Å². The van der Waals surface area contributed by atoms with Gasteiger partial charge in [-0.05, 0) is 35.2 Å². The number of thiophene rings is 1. The fourth-order valence-corrected chi connectivity index (χ4v) is 2.00. The van der Waals surface area contributed by atoms with E-state index in [-0.39, 0.29) is 0 Å². The third kappa shape index (κ3) is 3.91. The van der Waals surface area contributed by atoms with Crippen LogP contribution in [0.1, 0.15) is 37.7 Å². The lowest BCUT2D eigenvalue weighted by atomic mass is 10.1. The second kappa shape index (κ2) is 6.24. The van der Waals surface area contributed by atoms with Gasteiger partial charge in [-0.2, -0.15) is 11.3 Å². The first-order valence-corrected chi connectivity index (χ1v) is 5.68. The van der Waals surface area contributed by atoms with Crippen LogP contribution in [0.5, 0.6) is 0 Å². The predicted octanol–water partition coefficient (Wildman–Crippen LogP) is 4.08. The SMILES string of the molecule is [CH2]CCCCCCc1ccsc1. The molecule has 12 heavy (non-hydrogen) atoms. The molecular formula is C11H17S. The van der Waals surface area contributed by atoms with Crippen molar-refractivity contribution in [3.63, 3.8) is 0 Å². The van der Waals surface area contributed by atoms with Crippen LogP contribution in [0.15, 0.2) is 16.8 Å². The molecule has 0 saturated carbocycles. The van der Waals surface area contributed by atoms with Gasteiger partial charge in [-0.1, -0.05) is 32.6 Å². The van der Waals surface area contributed by atoms with Crippen molar-refractivity contribution in [2.24, 2.45) is 0 Å². The molecule has 0 amide bonds. The number of unbranched alkanes of at least 4 members (excludes halogenated alkanes) is 4. The van der Waals surface area contributed by atoms with E-state index in [1.807, 2.05) is 0 Å². The van der Waals surface area contributed by atoms with Gasteiger partial charge in [0.25, 0.3) is 0 Å². The van der Waals surface area contributed by atoms with Gasteiger partial charge in [-0.25, -0.2) is 0 Å². The van der Waals surface area contributed by atoms with Crippen LogP contribution in [-0.2, 0) is 6.42 Å². The predicted molar refractivity (Wildman–Crippen MR) is 56.5 cm³/mol. The number of aryl methyl sites for hydroxylation is 1.